The molecule has 6 rings (SSSR count). The lowest BCUT2D eigenvalue weighted by molar-refractivity contribution is -0.145. The molecule has 2 bridgehead atoms. The first kappa shape index (κ1) is 16.8. The lowest BCUT2D eigenvalue weighted by atomic mass is 9.58. The van der Waals surface area contributed by atoms with E-state index in [4.69, 9.17) is 0 Å². The number of H-pyrrole nitrogens is 1. The maximum absolute atomic E-state index is 13.4. The molecule has 0 spiro atoms. The summed E-state index contributed by atoms with van der Waals surface area (Å²) in [5.74, 6) is 1.55. The van der Waals surface area contributed by atoms with Crippen LogP contribution >= 0.6 is 0 Å². The number of amides is 1. The molecule has 27 heavy (non-hydrogen) atoms. The minimum atomic E-state index is -0.149. The first-order chi connectivity index (χ1) is 13.0. The molecule has 2 aromatic rings. The number of aromatic amines is 1. The highest BCUT2D eigenvalue weighted by atomic mass is 16.2. The van der Waals surface area contributed by atoms with Gasteiger partial charge in [-0.15, -0.1) is 0 Å². The van der Waals surface area contributed by atoms with Crippen molar-refractivity contribution in [2.75, 3.05) is 13.1 Å². The number of rotatable bonds is 3. The van der Waals surface area contributed by atoms with E-state index in [-0.39, 0.29) is 23.1 Å². The maximum Gasteiger partial charge on any atom is 0.343 e. The first-order valence-electron chi connectivity index (χ1n) is 9.92. The Morgan fingerprint density at radius 3 is 2.67 bits per heavy atom. The van der Waals surface area contributed by atoms with E-state index in [2.05, 4.69) is 21.2 Å². The van der Waals surface area contributed by atoms with Gasteiger partial charge in [-0.25, -0.2) is 9.48 Å². The SMILES string of the molecule is Cc1nn(C2CCN(C(=O)[C@@H]3[C@@H]4CC[C@@]3(c3ccnn3C)C4)CC2)c(=O)[nH]1. The Morgan fingerprint density at radius 2 is 2.07 bits per heavy atom. The van der Waals surface area contributed by atoms with Crippen LogP contribution in [0.15, 0.2) is 17.1 Å². The Labute approximate surface area is 157 Å². The number of hydrogen-bond acceptors (Lipinski definition) is 4. The van der Waals surface area contributed by atoms with Gasteiger partial charge in [-0.1, -0.05) is 0 Å². The molecule has 4 fully saturated rings. The molecule has 3 heterocycles. The highest BCUT2D eigenvalue weighted by molar-refractivity contribution is 5.83. The molecule has 3 aliphatic carbocycles. The van der Waals surface area contributed by atoms with E-state index >= 15 is 0 Å². The molecule has 144 valence electrons. The number of hydrogen-bond donors (Lipinski definition) is 1. The monoisotopic (exact) mass is 370 g/mol. The molecular weight excluding hydrogens is 344 g/mol. The number of aryl methyl sites for hydroxylation is 2. The summed E-state index contributed by atoms with van der Waals surface area (Å²) in [5, 5.41) is 8.63. The zero-order valence-corrected chi connectivity index (χ0v) is 15.9. The lowest BCUT2D eigenvalue weighted by Crippen LogP contribution is -2.55. The van der Waals surface area contributed by atoms with Gasteiger partial charge < -0.3 is 4.90 Å². The van der Waals surface area contributed by atoms with Crippen molar-refractivity contribution < 1.29 is 4.79 Å². The third kappa shape index (κ3) is 2.34. The topological polar surface area (TPSA) is 88.8 Å². The second kappa shape index (κ2) is 5.81. The van der Waals surface area contributed by atoms with Gasteiger partial charge >= 0.3 is 5.69 Å². The number of likely N-dealkylation sites (tertiary alicyclic amines) is 1. The fourth-order valence-electron chi connectivity index (χ4n) is 5.88. The molecule has 8 nitrogen and oxygen atoms in total. The van der Waals surface area contributed by atoms with Crippen LogP contribution in [-0.4, -0.2) is 48.4 Å². The van der Waals surface area contributed by atoms with E-state index in [0.717, 1.165) is 32.1 Å². The summed E-state index contributed by atoms with van der Waals surface area (Å²) >= 11 is 0. The largest absolute Gasteiger partial charge is 0.343 e. The van der Waals surface area contributed by atoms with Crippen molar-refractivity contribution in [3.05, 3.63) is 34.3 Å². The smallest absolute Gasteiger partial charge is 0.342 e. The van der Waals surface area contributed by atoms with E-state index in [1.165, 1.54) is 5.69 Å². The number of carbonyl (C=O) groups is 1. The van der Waals surface area contributed by atoms with Gasteiger partial charge in [-0.3, -0.25) is 14.5 Å². The number of aromatic nitrogens is 5. The highest BCUT2D eigenvalue weighted by Gasteiger charge is 2.64. The number of nitrogens with zero attached hydrogens (tertiary/aromatic N) is 5. The Hall–Kier alpha value is -2.38. The second-order valence-corrected chi connectivity index (χ2v) is 8.49. The van der Waals surface area contributed by atoms with E-state index in [0.29, 0.717) is 30.7 Å². The Morgan fingerprint density at radius 1 is 1.30 bits per heavy atom. The van der Waals surface area contributed by atoms with E-state index < -0.39 is 0 Å². The molecule has 2 aromatic heterocycles. The van der Waals surface area contributed by atoms with E-state index in [1.807, 2.05) is 22.8 Å². The van der Waals surface area contributed by atoms with Crippen LogP contribution in [0.4, 0.5) is 0 Å². The predicted molar refractivity (Wildman–Crippen MR) is 98.2 cm³/mol. The summed E-state index contributed by atoms with van der Waals surface area (Å²) < 4.78 is 3.50. The van der Waals surface area contributed by atoms with Crippen LogP contribution in [-0.2, 0) is 17.3 Å². The molecule has 0 unspecified atom stereocenters. The van der Waals surface area contributed by atoms with Gasteiger partial charge in [-0.2, -0.15) is 10.2 Å². The molecule has 0 aromatic carbocycles. The summed E-state index contributed by atoms with van der Waals surface area (Å²) in [4.78, 5) is 30.1. The van der Waals surface area contributed by atoms with Crippen LogP contribution in [0.1, 0.15) is 49.7 Å². The Balaban J connectivity index is 1.31. The van der Waals surface area contributed by atoms with Crippen LogP contribution in [0, 0.1) is 18.8 Å². The van der Waals surface area contributed by atoms with Gasteiger partial charge in [0, 0.05) is 37.4 Å². The van der Waals surface area contributed by atoms with E-state index in [1.54, 1.807) is 11.6 Å². The van der Waals surface area contributed by atoms with Crippen molar-refractivity contribution in [2.45, 2.75) is 50.5 Å². The molecule has 1 N–H and O–H groups in total. The maximum atomic E-state index is 13.4. The minimum absolute atomic E-state index is 0.0138. The van der Waals surface area contributed by atoms with Crippen LogP contribution in [0.3, 0.4) is 0 Å². The lowest BCUT2D eigenvalue weighted by Gasteiger charge is -2.48. The Kier molecular flexibility index (Phi) is 3.61. The highest BCUT2D eigenvalue weighted by Crippen LogP contribution is 2.64. The molecule has 1 saturated heterocycles. The van der Waals surface area contributed by atoms with Gasteiger partial charge in [0.05, 0.1) is 12.0 Å². The molecule has 1 aliphatic heterocycles. The van der Waals surface area contributed by atoms with Gasteiger partial charge in [0.25, 0.3) is 0 Å². The van der Waals surface area contributed by atoms with Crippen LogP contribution < -0.4 is 5.69 Å². The first-order valence-corrected chi connectivity index (χ1v) is 9.92. The van der Waals surface area contributed by atoms with Crippen LogP contribution in [0.25, 0.3) is 0 Å². The van der Waals surface area contributed by atoms with Crippen molar-refractivity contribution in [2.24, 2.45) is 18.9 Å². The van der Waals surface area contributed by atoms with Crippen LogP contribution in [0.5, 0.6) is 0 Å². The summed E-state index contributed by atoms with van der Waals surface area (Å²) in [5.41, 5.74) is 1.05. The molecule has 4 aliphatic rings. The summed E-state index contributed by atoms with van der Waals surface area (Å²) in [6.07, 6.45) is 6.75. The standard InChI is InChI=1S/C19H26N6O2/c1-12-21-18(27)25(22-12)14-5-9-24(10-6-14)17(26)16-13-3-7-19(16,11-13)15-4-8-20-23(15)2/h4,8,13-14,16H,3,5-7,9-11H2,1-2H3,(H,21,22,27)/t13-,16+,19+/m1/s1. The van der Waals surface area contributed by atoms with Crippen molar-refractivity contribution in [1.29, 1.82) is 0 Å². The second-order valence-electron chi connectivity index (χ2n) is 8.49. The van der Waals surface area contributed by atoms with Crippen LogP contribution in [0.2, 0.25) is 0 Å². The molecule has 8 heteroatoms. The molecular formula is C19H26N6O2. The average Bonchev–Trinajstić information content (AvgIpc) is 3.39. The minimum Gasteiger partial charge on any atom is -0.342 e. The zero-order valence-electron chi connectivity index (χ0n) is 15.9. The number of fused-ring (bicyclic) bond motifs is 1. The van der Waals surface area contributed by atoms with Crippen molar-refractivity contribution >= 4 is 5.91 Å². The zero-order chi connectivity index (χ0) is 18.8. The molecule has 0 radical (unpaired) electrons. The summed E-state index contributed by atoms with van der Waals surface area (Å²) in [7, 11) is 1.98. The van der Waals surface area contributed by atoms with Crippen molar-refractivity contribution in [1.82, 2.24) is 29.4 Å². The number of carbonyl (C=O) groups excluding carboxylic acids is 1. The predicted octanol–water partition coefficient (Wildman–Crippen LogP) is 1.14. The molecule has 3 atom stereocenters. The third-order valence-corrected chi connectivity index (χ3v) is 7.13. The van der Waals surface area contributed by atoms with Gasteiger partial charge in [0.15, 0.2) is 0 Å². The molecule has 1 amide bonds. The Bertz CT molecular complexity index is 930. The molecule has 3 saturated carbocycles. The fraction of sp³-hybridized carbons (Fsp3) is 0.684. The fourth-order valence-corrected chi connectivity index (χ4v) is 5.88. The number of piperidine rings is 1. The van der Waals surface area contributed by atoms with Gasteiger partial charge in [0.2, 0.25) is 5.91 Å². The van der Waals surface area contributed by atoms with Gasteiger partial charge in [-0.05, 0) is 51.0 Å². The average molecular weight is 370 g/mol. The van der Waals surface area contributed by atoms with E-state index in [9.17, 15) is 9.59 Å². The number of nitrogens with one attached hydrogen (secondary N) is 1. The van der Waals surface area contributed by atoms with Gasteiger partial charge in [0.1, 0.15) is 5.82 Å². The van der Waals surface area contributed by atoms with Crippen molar-refractivity contribution in [3.63, 3.8) is 0 Å². The third-order valence-electron chi connectivity index (χ3n) is 7.13. The summed E-state index contributed by atoms with van der Waals surface area (Å²) in [6, 6.07) is 2.16. The normalized spacial score (nSPS) is 30.5. The summed E-state index contributed by atoms with van der Waals surface area (Å²) in [6.45, 7) is 3.19. The van der Waals surface area contributed by atoms with Crippen molar-refractivity contribution in [3.8, 4) is 0 Å². The quantitative estimate of drug-likeness (QED) is 0.878.